The highest BCUT2D eigenvalue weighted by molar-refractivity contribution is 8.13. The lowest BCUT2D eigenvalue weighted by Gasteiger charge is -2.18. The fourth-order valence-corrected chi connectivity index (χ4v) is 3.57. The number of aliphatic hydroxyl groups excluding tert-OH is 1. The number of thioether (sulfide) groups is 1. The molecule has 1 fully saturated rings. The summed E-state index contributed by atoms with van der Waals surface area (Å²) in [7, 11) is -1.33. The number of halogens is 1. The SMILES string of the molecule is C=C.CC(C)C(=O)SCCO.C[C@H]1C[C@@H](COP(C)OO)O[C@H]1n1ccc(=O)[nH]c1=O.Cl. The molecule has 1 aliphatic heterocycles. The van der Waals surface area contributed by atoms with E-state index in [1.165, 1.54) is 28.6 Å². The first kappa shape index (κ1) is 33.1. The quantitative estimate of drug-likeness (QED) is 0.206. The topological polar surface area (TPSA) is 140 Å². The number of H-pyrrole nitrogens is 1. The first-order valence-electron chi connectivity index (χ1n) is 9.62. The van der Waals surface area contributed by atoms with Crippen LogP contribution < -0.4 is 11.2 Å². The number of carbonyl (C=O) groups excluding carboxylic acids is 1. The van der Waals surface area contributed by atoms with Crippen molar-refractivity contribution in [3.8, 4) is 0 Å². The number of aliphatic hydroxyl groups is 1. The molecule has 0 saturated carbocycles. The average Bonchev–Trinajstić information content (AvgIpc) is 3.12. The van der Waals surface area contributed by atoms with Gasteiger partial charge >= 0.3 is 5.69 Å². The number of carbonyl (C=O) groups is 1. The number of hydrogen-bond acceptors (Lipinski definition) is 9. The zero-order valence-electron chi connectivity index (χ0n) is 18.8. The number of aromatic amines is 1. The number of nitrogens with one attached hydrogen (secondary N) is 1. The molecule has 13 heteroatoms. The molecule has 3 N–H and O–H groups in total. The lowest BCUT2D eigenvalue weighted by molar-refractivity contribution is -0.140. The van der Waals surface area contributed by atoms with Gasteiger partial charge in [-0.15, -0.1) is 25.6 Å². The Morgan fingerprint density at radius 1 is 1.44 bits per heavy atom. The molecule has 0 amide bonds. The second-order valence-corrected chi connectivity index (χ2v) is 9.14. The molecule has 0 spiro atoms. The maximum Gasteiger partial charge on any atom is 0.330 e. The summed E-state index contributed by atoms with van der Waals surface area (Å²) < 4.78 is 16.5. The van der Waals surface area contributed by atoms with Gasteiger partial charge in [-0.2, -0.15) is 4.67 Å². The van der Waals surface area contributed by atoms with E-state index in [9.17, 15) is 14.4 Å². The van der Waals surface area contributed by atoms with Crippen LogP contribution in [0.5, 0.6) is 0 Å². The van der Waals surface area contributed by atoms with E-state index >= 15 is 0 Å². The van der Waals surface area contributed by atoms with E-state index in [2.05, 4.69) is 22.8 Å². The lowest BCUT2D eigenvalue weighted by Crippen LogP contribution is -2.33. The largest absolute Gasteiger partial charge is 0.396 e. The van der Waals surface area contributed by atoms with Crippen molar-refractivity contribution >= 4 is 37.7 Å². The average molecular weight is 517 g/mol. The van der Waals surface area contributed by atoms with Gasteiger partial charge in [0.1, 0.15) is 6.23 Å². The van der Waals surface area contributed by atoms with Crippen LogP contribution in [0.15, 0.2) is 35.0 Å². The van der Waals surface area contributed by atoms with Crippen LogP contribution in [0.3, 0.4) is 0 Å². The normalized spacial score (nSPS) is 20.3. The fourth-order valence-electron chi connectivity index (χ4n) is 2.52. The van der Waals surface area contributed by atoms with E-state index in [0.29, 0.717) is 12.2 Å². The smallest absolute Gasteiger partial charge is 0.330 e. The van der Waals surface area contributed by atoms with Gasteiger partial charge in [0.2, 0.25) is 8.38 Å². The van der Waals surface area contributed by atoms with E-state index in [0.717, 1.165) is 0 Å². The van der Waals surface area contributed by atoms with Crippen molar-refractivity contribution in [2.75, 3.05) is 25.6 Å². The minimum atomic E-state index is -1.33. The predicted molar refractivity (Wildman–Crippen MR) is 129 cm³/mol. The van der Waals surface area contributed by atoms with Gasteiger partial charge < -0.3 is 14.4 Å². The maximum atomic E-state index is 11.7. The zero-order chi connectivity index (χ0) is 24.0. The van der Waals surface area contributed by atoms with Gasteiger partial charge in [-0.1, -0.05) is 32.5 Å². The van der Waals surface area contributed by atoms with Crippen LogP contribution >= 0.6 is 32.5 Å². The molecule has 10 nitrogen and oxygen atoms in total. The Kier molecular flexibility index (Phi) is 19.0. The highest BCUT2D eigenvalue weighted by Gasteiger charge is 2.34. The maximum absolute atomic E-state index is 11.7. The molecule has 1 aromatic rings. The summed E-state index contributed by atoms with van der Waals surface area (Å²) in [6.07, 6.45) is 1.51. The van der Waals surface area contributed by atoms with Crippen LogP contribution in [-0.4, -0.2) is 56.8 Å². The Hall–Kier alpha value is -1.04. The third kappa shape index (κ3) is 12.3. The van der Waals surface area contributed by atoms with Crippen molar-refractivity contribution in [1.82, 2.24) is 9.55 Å². The van der Waals surface area contributed by atoms with Crippen LogP contribution in [0.2, 0.25) is 0 Å². The van der Waals surface area contributed by atoms with Gasteiger partial charge in [-0.25, -0.2) is 10.1 Å². The highest BCUT2D eigenvalue weighted by Crippen LogP contribution is 2.37. The van der Waals surface area contributed by atoms with Gasteiger partial charge in [0.25, 0.3) is 5.56 Å². The molecular weight excluding hydrogens is 483 g/mol. The Labute approximate surface area is 199 Å². The second kappa shape index (κ2) is 18.4. The molecule has 186 valence electrons. The van der Waals surface area contributed by atoms with Crippen molar-refractivity contribution in [1.29, 1.82) is 0 Å². The molecule has 1 saturated heterocycles. The summed E-state index contributed by atoms with van der Waals surface area (Å²) >= 11 is 1.20. The van der Waals surface area contributed by atoms with Crippen molar-refractivity contribution in [3.63, 3.8) is 0 Å². The van der Waals surface area contributed by atoms with Crippen molar-refractivity contribution < 1.29 is 29.1 Å². The first-order chi connectivity index (χ1) is 14.7. The van der Waals surface area contributed by atoms with Crippen molar-refractivity contribution in [2.45, 2.75) is 39.5 Å². The summed E-state index contributed by atoms with van der Waals surface area (Å²) in [5.41, 5.74) is -0.930. The van der Waals surface area contributed by atoms with Crippen LogP contribution in [0.1, 0.15) is 33.4 Å². The molecule has 4 atom stereocenters. The molecule has 32 heavy (non-hydrogen) atoms. The summed E-state index contributed by atoms with van der Waals surface area (Å²) in [5.74, 6) is 0.712. The van der Waals surface area contributed by atoms with Crippen molar-refractivity contribution in [3.05, 3.63) is 46.3 Å². The lowest BCUT2D eigenvalue weighted by atomic mass is 10.1. The number of ether oxygens (including phenoxy) is 1. The molecule has 0 bridgehead atoms. The first-order valence-corrected chi connectivity index (χ1v) is 12.2. The Morgan fingerprint density at radius 2 is 2.06 bits per heavy atom. The minimum Gasteiger partial charge on any atom is -0.396 e. The van der Waals surface area contributed by atoms with Gasteiger partial charge in [0.05, 0.1) is 19.3 Å². The Bertz CT molecular complexity index is 763. The molecule has 1 aromatic heterocycles. The van der Waals surface area contributed by atoms with Crippen LogP contribution in [0.25, 0.3) is 0 Å². The van der Waals surface area contributed by atoms with E-state index in [-0.39, 0.29) is 48.7 Å². The summed E-state index contributed by atoms with van der Waals surface area (Å²) in [6, 6.07) is 1.28. The molecule has 0 radical (unpaired) electrons. The summed E-state index contributed by atoms with van der Waals surface area (Å²) in [6.45, 7) is 13.7. The van der Waals surface area contributed by atoms with Gasteiger partial charge in [0.15, 0.2) is 5.12 Å². The minimum absolute atomic E-state index is 0. The zero-order valence-corrected chi connectivity index (χ0v) is 21.3. The monoisotopic (exact) mass is 516 g/mol. The summed E-state index contributed by atoms with van der Waals surface area (Å²) in [5, 5.41) is 16.9. The molecular formula is C19H34ClN2O8PS. The Balaban J connectivity index is 0. The highest BCUT2D eigenvalue weighted by atomic mass is 35.5. The Morgan fingerprint density at radius 3 is 2.56 bits per heavy atom. The summed E-state index contributed by atoms with van der Waals surface area (Å²) in [4.78, 5) is 35.7. The molecule has 1 aliphatic rings. The van der Waals surface area contributed by atoms with Crippen LogP contribution in [-0.2, 0) is 18.7 Å². The van der Waals surface area contributed by atoms with Crippen molar-refractivity contribution in [2.24, 2.45) is 11.8 Å². The third-order valence-electron chi connectivity index (χ3n) is 3.94. The fraction of sp³-hybridized carbons (Fsp3) is 0.632. The number of rotatable bonds is 8. The molecule has 0 aliphatic carbocycles. The third-order valence-corrected chi connectivity index (χ3v) is 5.83. The molecule has 2 rings (SSSR count). The van der Waals surface area contributed by atoms with Gasteiger partial charge in [-0.3, -0.25) is 19.1 Å². The standard InChI is InChI=1S/C11H17N2O6P.C6H12O2S.C2H4.ClH/c1-7-5-8(6-17-20(2)19-16)18-10(7)13-4-3-9(14)12-11(13)15;1-5(2)6(8)9-4-3-7;1-2;/h3-4,7-8,10,16H,5-6H2,1-2H3,(H,12,14,15);5,7H,3-4H2,1-2H3;1-2H2;1H/t7-,8-,10+,20?;;;/m0.../s1. The van der Waals surface area contributed by atoms with E-state index in [4.69, 9.17) is 19.6 Å². The van der Waals surface area contributed by atoms with Gasteiger partial charge in [0, 0.05) is 36.5 Å². The second-order valence-electron chi connectivity index (χ2n) is 6.74. The number of nitrogens with zero attached hydrogens (tertiary/aromatic N) is 1. The van der Waals surface area contributed by atoms with Gasteiger partial charge in [-0.05, 0) is 6.42 Å². The van der Waals surface area contributed by atoms with E-state index in [1.54, 1.807) is 6.66 Å². The predicted octanol–water partition coefficient (Wildman–Crippen LogP) is 3.03. The number of aromatic nitrogens is 2. The van der Waals surface area contributed by atoms with E-state index < -0.39 is 25.9 Å². The van der Waals surface area contributed by atoms with Crippen LogP contribution in [0.4, 0.5) is 0 Å². The molecule has 2 heterocycles. The van der Waals surface area contributed by atoms with Crippen LogP contribution in [0, 0.1) is 11.8 Å². The molecule has 0 aromatic carbocycles. The van der Waals surface area contributed by atoms with E-state index in [1.807, 2.05) is 20.8 Å². The number of hydrogen-bond donors (Lipinski definition) is 3. The molecule has 1 unspecified atom stereocenters.